The summed E-state index contributed by atoms with van der Waals surface area (Å²) in [6, 6.07) is -0.702. The van der Waals surface area contributed by atoms with Crippen LogP contribution in [0.4, 0.5) is 0 Å². The monoisotopic (exact) mass is 249 g/mol. The van der Waals surface area contributed by atoms with Gasteiger partial charge in [-0.15, -0.1) is 0 Å². The molecule has 0 spiro atoms. The molecule has 1 N–H and O–H groups in total. The molecule has 0 aliphatic rings. The summed E-state index contributed by atoms with van der Waals surface area (Å²) in [6.45, 7) is 5.77. The lowest BCUT2D eigenvalue weighted by molar-refractivity contribution is -0.152. The average molecular weight is 249 g/mol. The number of esters is 2. The van der Waals surface area contributed by atoms with Crippen LogP contribution in [0, 0.1) is 0 Å². The maximum atomic E-state index is 11.5. The minimum absolute atomic E-state index is 0.0441. The molecule has 0 heterocycles. The van der Waals surface area contributed by atoms with Crippen LogP contribution in [0.1, 0.15) is 27.2 Å². The van der Waals surface area contributed by atoms with Crippen molar-refractivity contribution in [3.63, 3.8) is 0 Å². The van der Waals surface area contributed by atoms with Gasteiger partial charge < -0.3 is 9.47 Å². The van der Waals surface area contributed by atoms with Crippen LogP contribution in [0.15, 0.2) is 0 Å². The van der Waals surface area contributed by atoms with E-state index in [9.17, 15) is 9.59 Å². The Morgan fingerprint density at radius 2 is 1.81 bits per heavy atom. The molecule has 0 bridgehead atoms. The summed E-state index contributed by atoms with van der Waals surface area (Å²) >= 11 is 4.10. The van der Waals surface area contributed by atoms with Crippen molar-refractivity contribution in [1.29, 1.82) is 0 Å². The van der Waals surface area contributed by atoms with E-state index < -0.39 is 18.0 Å². The van der Waals surface area contributed by atoms with Crippen molar-refractivity contribution in [2.45, 2.75) is 38.6 Å². The van der Waals surface area contributed by atoms with Gasteiger partial charge in [-0.3, -0.25) is 14.9 Å². The second-order valence-electron chi connectivity index (χ2n) is 3.16. The van der Waals surface area contributed by atoms with E-state index in [-0.39, 0.29) is 18.4 Å². The highest BCUT2D eigenvalue weighted by atomic mass is 32.1. The molecule has 0 radical (unpaired) electrons. The van der Waals surface area contributed by atoms with Crippen molar-refractivity contribution in [2.24, 2.45) is 0 Å². The van der Waals surface area contributed by atoms with Crippen LogP contribution >= 0.6 is 12.6 Å². The summed E-state index contributed by atoms with van der Waals surface area (Å²) in [6.07, 6.45) is -0.0441. The van der Waals surface area contributed by atoms with Gasteiger partial charge in [0.05, 0.1) is 19.6 Å². The topological polar surface area (TPSA) is 64.6 Å². The van der Waals surface area contributed by atoms with Crippen molar-refractivity contribution >= 4 is 24.6 Å². The van der Waals surface area contributed by atoms with Gasteiger partial charge in [-0.2, -0.15) is 12.6 Å². The fraction of sp³-hybridized carbons (Fsp3) is 0.800. The van der Waals surface area contributed by atoms with Crippen LogP contribution in [0.3, 0.4) is 0 Å². The molecule has 0 aromatic carbocycles. The summed E-state index contributed by atoms with van der Waals surface area (Å²) in [4.78, 5) is 22.7. The average Bonchev–Trinajstić information content (AvgIpc) is 2.16. The first-order chi connectivity index (χ1) is 7.51. The Kier molecular flexibility index (Phi) is 8.01. The Morgan fingerprint density at radius 3 is 2.25 bits per heavy atom. The van der Waals surface area contributed by atoms with Gasteiger partial charge in [-0.05, 0) is 20.8 Å². The third-order valence-electron chi connectivity index (χ3n) is 1.69. The van der Waals surface area contributed by atoms with Crippen LogP contribution in [0.2, 0.25) is 0 Å². The standard InChI is InChI=1S/C10H19NO4S/c1-4-14-9(12)6-8(11-7(3)16)10(13)15-5-2/h7-8,11,16H,4-6H2,1-3H3. The lowest BCUT2D eigenvalue weighted by Gasteiger charge is -2.18. The fourth-order valence-electron chi connectivity index (χ4n) is 1.13. The minimum atomic E-state index is -0.702. The van der Waals surface area contributed by atoms with Gasteiger partial charge in [0.15, 0.2) is 0 Å². The molecule has 94 valence electrons. The van der Waals surface area contributed by atoms with Gasteiger partial charge in [0.25, 0.3) is 0 Å². The van der Waals surface area contributed by atoms with Crippen LogP contribution in [-0.2, 0) is 19.1 Å². The van der Waals surface area contributed by atoms with E-state index in [1.165, 1.54) is 0 Å². The number of rotatable bonds is 7. The molecular formula is C10H19NO4S. The zero-order chi connectivity index (χ0) is 12.6. The van der Waals surface area contributed by atoms with Gasteiger partial charge in [0.2, 0.25) is 0 Å². The molecule has 0 rings (SSSR count). The lowest BCUT2D eigenvalue weighted by Crippen LogP contribution is -2.42. The molecule has 0 fully saturated rings. The first-order valence-electron chi connectivity index (χ1n) is 5.27. The minimum Gasteiger partial charge on any atom is -0.466 e. The van der Waals surface area contributed by atoms with Crippen molar-refractivity contribution < 1.29 is 19.1 Å². The molecule has 16 heavy (non-hydrogen) atoms. The maximum Gasteiger partial charge on any atom is 0.323 e. The van der Waals surface area contributed by atoms with Gasteiger partial charge in [-0.1, -0.05) is 0 Å². The first-order valence-corrected chi connectivity index (χ1v) is 5.79. The summed E-state index contributed by atoms with van der Waals surface area (Å²) in [5, 5.41) is 2.64. The highest BCUT2D eigenvalue weighted by Gasteiger charge is 2.24. The van der Waals surface area contributed by atoms with Crippen LogP contribution in [0.5, 0.6) is 0 Å². The van der Waals surface area contributed by atoms with E-state index in [4.69, 9.17) is 9.47 Å². The van der Waals surface area contributed by atoms with Crippen LogP contribution < -0.4 is 5.32 Å². The molecule has 0 aliphatic heterocycles. The van der Waals surface area contributed by atoms with Crippen molar-refractivity contribution in [3.8, 4) is 0 Å². The number of hydrogen-bond acceptors (Lipinski definition) is 6. The van der Waals surface area contributed by atoms with Gasteiger partial charge in [-0.25, -0.2) is 0 Å². The van der Waals surface area contributed by atoms with Gasteiger partial charge in [0.1, 0.15) is 6.04 Å². The van der Waals surface area contributed by atoms with E-state index in [1.54, 1.807) is 20.8 Å². The lowest BCUT2D eigenvalue weighted by atomic mass is 10.2. The Labute approximate surface area is 101 Å². The van der Waals surface area contributed by atoms with Gasteiger partial charge >= 0.3 is 11.9 Å². The number of carbonyl (C=O) groups is 2. The number of thiol groups is 1. The second kappa shape index (κ2) is 8.41. The smallest absolute Gasteiger partial charge is 0.323 e. The molecule has 2 unspecified atom stereocenters. The van der Waals surface area contributed by atoms with Crippen LogP contribution in [0.25, 0.3) is 0 Å². The molecule has 0 aliphatic carbocycles. The predicted molar refractivity (Wildman–Crippen MR) is 63.3 cm³/mol. The normalized spacial score (nSPS) is 14.0. The third-order valence-corrected chi connectivity index (χ3v) is 1.84. The first kappa shape index (κ1) is 15.2. The molecule has 0 aromatic heterocycles. The largest absolute Gasteiger partial charge is 0.466 e. The second-order valence-corrected chi connectivity index (χ2v) is 3.93. The molecule has 0 amide bonds. The Bertz CT molecular complexity index is 233. The maximum absolute atomic E-state index is 11.5. The highest BCUT2D eigenvalue weighted by molar-refractivity contribution is 7.80. The summed E-state index contributed by atoms with van der Waals surface area (Å²) in [5.74, 6) is -0.890. The zero-order valence-corrected chi connectivity index (χ0v) is 10.8. The number of nitrogens with one attached hydrogen (secondary N) is 1. The highest BCUT2D eigenvalue weighted by Crippen LogP contribution is 2.02. The number of hydrogen-bond donors (Lipinski definition) is 2. The summed E-state index contributed by atoms with van der Waals surface area (Å²) in [7, 11) is 0. The van der Waals surface area contributed by atoms with Crippen molar-refractivity contribution in [1.82, 2.24) is 5.32 Å². The SMILES string of the molecule is CCOC(=O)CC(NC(C)S)C(=O)OCC. The molecule has 5 nitrogen and oxygen atoms in total. The zero-order valence-electron chi connectivity index (χ0n) is 9.86. The van der Waals surface area contributed by atoms with Gasteiger partial charge in [0, 0.05) is 5.37 Å². The van der Waals surface area contributed by atoms with E-state index in [0.717, 1.165) is 0 Å². The van der Waals surface area contributed by atoms with Crippen LogP contribution in [-0.4, -0.2) is 36.6 Å². The Hall–Kier alpha value is -0.750. The Morgan fingerprint density at radius 1 is 1.25 bits per heavy atom. The molecule has 0 aromatic rings. The van der Waals surface area contributed by atoms with E-state index in [2.05, 4.69) is 17.9 Å². The van der Waals surface area contributed by atoms with Crippen molar-refractivity contribution in [2.75, 3.05) is 13.2 Å². The third kappa shape index (κ3) is 6.68. The molecule has 0 saturated heterocycles. The predicted octanol–water partition coefficient (Wildman–Crippen LogP) is 0.737. The van der Waals surface area contributed by atoms with E-state index >= 15 is 0 Å². The summed E-state index contributed by atoms with van der Waals surface area (Å²) in [5.41, 5.74) is 0. The molecule has 2 atom stereocenters. The van der Waals surface area contributed by atoms with E-state index in [0.29, 0.717) is 6.61 Å². The summed E-state index contributed by atoms with van der Waals surface area (Å²) < 4.78 is 9.61. The Balaban J connectivity index is 4.30. The molecule has 0 saturated carbocycles. The molecule has 6 heteroatoms. The van der Waals surface area contributed by atoms with E-state index in [1.807, 2.05) is 0 Å². The quantitative estimate of drug-likeness (QED) is 0.396. The fourth-order valence-corrected chi connectivity index (χ4v) is 1.31. The number of carbonyl (C=O) groups excluding carboxylic acids is 2. The van der Waals surface area contributed by atoms with Crippen molar-refractivity contribution in [3.05, 3.63) is 0 Å². The molecular weight excluding hydrogens is 230 g/mol. The number of ether oxygens (including phenoxy) is 2.